The van der Waals surface area contributed by atoms with Gasteiger partial charge in [0.05, 0.1) is 30.4 Å². The fourth-order valence-corrected chi connectivity index (χ4v) is 7.55. The second kappa shape index (κ2) is 10.3. The highest BCUT2D eigenvalue weighted by atomic mass is 32.1. The van der Waals surface area contributed by atoms with Crippen LogP contribution >= 0.6 is 11.3 Å². The van der Waals surface area contributed by atoms with E-state index in [0.29, 0.717) is 18.2 Å². The zero-order valence-corrected chi connectivity index (χ0v) is 22.3. The van der Waals surface area contributed by atoms with Gasteiger partial charge < -0.3 is 20.5 Å². The highest BCUT2D eigenvalue weighted by Crippen LogP contribution is 2.48. The first kappa shape index (κ1) is 25.3. The number of primary amides is 1. The van der Waals surface area contributed by atoms with Gasteiger partial charge in [-0.05, 0) is 56.1 Å². The third-order valence-electron chi connectivity index (χ3n) is 8.21. The molecule has 3 N–H and O–H groups in total. The molecule has 1 atom stereocenters. The fraction of sp³-hybridized carbons (Fsp3) is 0.556. The molecule has 11 heteroatoms. The maximum Gasteiger partial charge on any atom is 0.328 e. The summed E-state index contributed by atoms with van der Waals surface area (Å²) in [6.07, 6.45) is 7.83. The predicted molar refractivity (Wildman–Crippen MR) is 143 cm³/mol. The molecule has 4 heterocycles. The molecule has 10 nitrogen and oxygen atoms in total. The van der Waals surface area contributed by atoms with Gasteiger partial charge in [-0.2, -0.15) is 0 Å². The molecule has 0 unspecified atom stereocenters. The second-order valence-electron chi connectivity index (χ2n) is 10.6. The summed E-state index contributed by atoms with van der Waals surface area (Å²) >= 11 is 1.61. The number of likely N-dealkylation sites (N-methyl/N-ethyl adjacent to an activating group) is 1. The lowest BCUT2D eigenvalue weighted by molar-refractivity contribution is -0.122. The predicted octanol–water partition coefficient (Wildman–Crippen LogP) is 2.75. The summed E-state index contributed by atoms with van der Waals surface area (Å²) in [6, 6.07) is 1.98. The summed E-state index contributed by atoms with van der Waals surface area (Å²) in [5.41, 5.74) is 7.47. The van der Waals surface area contributed by atoms with Gasteiger partial charge >= 0.3 is 6.03 Å². The number of amides is 4. The van der Waals surface area contributed by atoms with Crippen LogP contribution in [0.4, 0.5) is 4.79 Å². The topological polar surface area (TPSA) is 127 Å². The van der Waals surface area contributed by atoms with E-state index in [0.717, 1.165) is 91.3 Å². The van der Waals surface area contributed by atoms with E-state index < -0.39 is 11.9 Å². The van der Waals surface area contributed by atoms with E-state index in [2.05, 4.69) is 10.2 Å². The van der Waals surface area contributed by atoms with Crippen molar-refractivity contribution in [3.63, 3.8) is 0 Å². The summed E-state index contributed by atoms with van der Waals surface area (Å²) in [5, 5.41) is 3.57. The Balaban J connectivity index is 1.31. The van der Waals surface area contributed by atoms with Gasteiger partial charge in [0.15, 0.2) is 0 Å². The van der Waals surface area contributed by atoms with Crippen LogP contribution in [-0.4, -0.2) is 78.1 Å². The van der Waals surface area contributed by atoms with Crippen LogP contribution in [0, 0.1) is 0 Å². The number of rotatable bonds is 6. The van der Waals surface area contributed by atoms with Crippen molar-refractivity contribution in [2.45, 2.75) is 63.0 Å². The van der Waals surface area contributed by atoms with Crippen LogP contribution in [-0.2, 0) is 20.7 Å². The van der Waals surface area contributed by atoms with Gasteiger partial charge in [0, 0.05) is 43.5 Å². The monoisotopic (exact) mass is 539 g/mol. The molecule has 0 bridgehead atoms. The molecule has 2 saturated heterocycles. The molecule has 2 aromatic rings. The summed E-state index contributed by atoms with van der Waals surface area (Å²) in [7, 11) is 1.44. The van der Waals surface area contributed by atoms with Gasteiger partial charge in [0.25, 0.3) is 5.91 Å². The second-order valence-corrected chi connectivity index (χ2v) is 11.7. The molecule has 4 aliphatic rings. The SMILES string of the molecule is CN1C(=O)NC(=Cc2cc(OC3CCC(N4CCOCC4)CC3)c3c4c(sc3n2)CC[C@@H]4CC(N)=O)C1=O. The van der Waals surface area contributed by atoms with Gasteiger partial charge in [0.1, 0.15) is 16.3 Å². The molecule has 2 aliphatic heterocycles. The van der Waals surface area contributed by atoms with E-state index >= 15 is 0 Å². The normalized spacial score (nSPS) is 27.2. The first-order valence-electron chi connectivity index (χ1n) is 13.4. The Bertz CT molecular complexity index is 1310. The highest BCUT2D eigenvalue weighted by Gasteiger charge is 2.34. The van der Waals surface area contributed by atoms with Crippen LogP contribution in [0.25, 0.3) is 16.3 Å². The molecule has 202 valence electrons. The number of nitrogens with one attached hydrogen (secondary N) is 1. The van der Waals surface area contributed by atoms with E-state index in [9.17, 15) is 14.4 Å². The maximum absolute atomic E-state index is 12.5. The molecule has 2 aromatic heterocycles. The Morgan fingerprint density at radius 2 is 2.00 bits per heavy atom. The van der Waals surface area contributed by atoms with Gasteiger partial charge in [-0.3, -0.25) is 19.4 Å². The molecule has 38 heavy (non-hydrogen) atoms. The number of aromatic nitrogens is 1. The number of morpholine rings is 1. The molecule has 0 spiro atoms. The van der Waals surface area contributed by atoms with Crippen LogP contribution in [0.2, 0.25) is 0 Å². The molecular weight excluding hydrogens is 506 g/mol. The molecule has 3 fully saturated rings. The number of carbonyl (C=O) groups excluding carboxylic acids is 3. The Kier molecular flexibility index (Phi) is 6.83. The van der Waals surface area contributed by atoms with Gasteiger partial charge in [0.2, 0.25) is 5.91 Å². The Labute approximate surface area is 225 Å². The van der Waals surface area contributed by atoms with Crippen LogP contribution in [0.1, 0.15) is 60.6 Å². The lowest BCUT2D eigenvalue weighted by atomic mass is 9.91. The molecular formula is C27H33N5O5S. The van der Waals surface area contributed by atoms with Crippen LogP contribution in [0.5, 0.6) is 5.75 Å². The van der Waals surface area contributed by atoms with Gasteiger partial charge in [-0.25, -0.2) is 9.78 Å². The first-order valence-corrected chi connectivity index (χ1v) is 14.2. The molecule has 0 radical (unpaired) electrons. The first-order chi connectivity index (χ1) is 18.4. The summed E-state index contributed by atoms with van der Waals surface area (Å²) in [5.74, 6) is 0.0951. The fourth-order valence-electron chi connectivity index (χ4n) is 6.25. The van der Waals surface area contributed by atoms with Crippen molar-refractivity contribution in [3.8, 4) is 5.75 Å². The minimum absolute atomic E-state index is 0.0611. The third-order valence-corrected chi connectivity index (χ3v) is 9.37. The van der Waals surface area contributed by atoms with Crippen LogP contribution in [0.15, 0.2) is 11.8 Å². The van der Waals surface area contributed by atoms with E-state index in [4.69, 9.17) is 20.2 Å². The van der Waals surface area contributed by atoms with Crippen molar-refractivity contribution in [1.29, 1.82) is 0 Å². The quantitative estimate of drug-likeness (QED) is 0.427. The number of hydrogen-bond acceptors (Lipinski definition) is 8. The van der Waals surface area contributed by atoms with Crippen molar-refractivity contribution in [2.75, 3.05) is 33.4 Å². The number of nitrogens with zero attached hydrogens (tertiary/aromatic N) is 3. The van der Waals surface area contributed by atoms with Crippen LogP contribution < -0.4 is 15.8 Å². The minimum Gasteiger partial charge on any atom is -0.490 e. The third kappa shape index (κ3) is 4.78. The molecule has 2 aliphatic carbocycles. The molecule has 6 rings (SSSR count). The number of hydrogen-bond donors (Lipinski definition) is 2. The van der Waals surface area contributed by atoms with E-state index in [1.54, 1.807) is 17.4 Å². The van der Waals surface area contributed by atoms with E-state index in [1.165, 1.54) is 11.9 Å². The number of aryl methyl sites for hydroxylation is 1. The lowest BCUT2D eigenvalue weighted by Gasteiger charge is -2.38. The standard InChI is InChI=1S/C27H33N5O5S/c1-31-26(34)19(30-27(31)35)13-16-14-20(37-18-5-3-17(4-6-18)32-8-10-36-11-9-32)24-23-15(12-22(28)33)2-7-21(23)38-25(24)29-16/h13-15,17-18H,2-12H2,1H3,(H2,28,33)(H,30,35)/t15-,17?,18?/m1/s1. The number of pyridine rings is 1. The Morgan fingerprint density at radius 1 is 1.24 bits per heavy atom. The number of thiophene rings is 1. The highest BCUT2D eigenvalue weighted by molar-refractivity contribution is 7.19. The van der Waals surface area contributed by atoms with E-state index in [1.807, 2.05) is 6.07 Å². The smallest absolute Gasteiger partial charge is 0.328 e. The summed E-state index contributed by atoms with van der Waals surface area (Å²) in [4.78, 5) is 46.7. The Hall–Kier alpha value is -3.02. The molecule has 0 aromatic carbocycles. The average Bonchev–Trinajstić information content (AvgIpc) is 3.54. The number of urea groups is 1. The molecule has 4 amide bonds. The number of nitrogens with two attached hydrogens (primary N) is 1. The van der Waals surface area contributed by atoms with Crippen molar-refractivity contribution in [3.05, 3.63) is 27.9 Å². The van der Waals surface area contributed by atoms with Gasteiger partial charge in [-0.15, -0.1) is 11.3 Å². The van der Waals surface area contributed by atoms with Gasteiger partial charge in [-0.1, -0.05) is 0 Å². The average molecular weight is 540 g/mol. The van der Waals surface area contributed by atoms with E-state index in [-0.39, 0.29) is 23.6 Å². The van der Waals surface area contributed by atoms with Crippen molar-refractivity contribution in [2.24, 2.45) is 5.73 Å². The van der Waals surface area contributed by atoms with Crippen molar-refractivity contribution < 1.29 is 23.9 Å². The number of imide groups is 1. The number of carbonyl (C=O) groups is 3. The summed E-state index contributed by atoms with van der Waals surface area (Å²) < 4.78 is 12.2. The van der Waals surface area contributed by atoms with Crippen molar-refractivity contribution >= 4 is 45.5 Å². The number of ether oxygens (including phenoxy) is 2. The zero-order valence-electron chi connectivity index (χ0n) is 21.5. The zero-order chi connectivity index (χ0) is 26.4. The van der Waals surface area contributed by atoms with Crippen molar-refractivity contribution in [1.82, 2.24) is 20.1 Å². The summed E-state index contributed by atoms with van der Waals surface area (Å²) in [6.45, 7) is 3.59. The minimum atomic E-state index is -0.458. The lowest BCUT2D eigenvalue weighted by Crippen LogP contribution is -2.46. The largest absolute Gasteiger partial charge is 0.490 e. The maximum atomic E-state index is 12.5. The number of fused-ring (bicyclic) bond motifs is 3. The van der Waals surface area contributed by atoms with Crippen LogP contribution in [0.3, 0.4) is 0 Å². The Morgan fingerprint density at radius 3 is 2.68 bits per heavy atom. The molecule has 1 saturated carbocycles.